The van der Waals surface area contributed by atoms with Crippen molar-refractivity contribution in [2.75, 3.05) is 0 Å². The minimum absolute atomic E-state index is 0.309. The zero-order valence-corrected chi connectivity index (χ0v) is 13.9. The molecule has 1 atom stereocenters. The summed E-state index contributed by atoms with van der Waals surface area (Å²) in [6.45, 7) is 3.93. The van der Waals surface area contributed by atoms with Crippen molar-refractivity contribution in [3.8, 4) is 22.8 Å². The van der Waals surface area contributed by atoms with Crippen molar-refractivity contribution in [3.63, 3.8) is 0 Å². The molecule has 25 heavy (non-hydrogen) atoms. The van der Waals surface area contributed by atoms with Crippen molar-refractivity contribution in [2.45, 2.75) is 19.9 Å². The molecule has 4 rings (SSSR count). The lowest BCUT2D eigenvalue weighted by Gasteiger charge is -2.03. The summed E-state index contributed by atoms with van der Waals surface area (Å²) < 4.78 is 5.77. The Bertz CT molecular complexity index is 974. The highest BCUT2D eigenvalue weighted by Crippen LogP contribution is 2.22. The number of hydrogen-bond acceptors (Lipinski definition) is 6. The smallest absolute Gasteiger partial charge is 0.247 e. The van der Waals surface area contributed by atoms with E-state index in [1.54, 1.807) is 0 Å². The molecule has 1 unspecified atom stereocenters. The lowest BCUT2D eigenvalue weighted by atomic mass is 10.1. The van der Waals surface area contributed by atoms with Crippen LogP contribution in [0.1, 0.15) is 24.4 Å². The minimum atomic E-state index is -0.309. The van der Waals surface area contributed by atoms with Crippen LogP contribution in [-0.2, 0) is 0 Å². The quantitative estimate of drug-likeness (QED) is 0.570. The van der Waals surface area contributed by atoms with Crippen LogP contribution in [0.5, 0.6) is 0 Å². The second-order valence-electron chi connectivity index (χ2n) is 5.79. The number of tetrazole rings is 1. The average molecular weight is 332 g/mol. The summed E-state index contributed by atoms with van der Waals surface area (Å²) in [6.07, 6.45) is 0. The molecule has 0 radical (unpaired) electrons. The van der Waals surface area contributed by atoms with Gasteiger partial charge in [0.15, 0.2) is 0 Å². The van der Waals surface area contributed by atoms with Gasteiger partial charge >= 0.3 is 0 Å². The van der Waals surface area contributed by atoms with Crippen molar-refractivity contribution < 1.29 is 4.42 Å². The number of aromatic nitrogens is 6. The second-order valence-corrected chi connectivity index (χ2v) is 5.79. The van der Waals surface area contributed by atoms with Gasteiger partial charge in [-0.05, 0) is 31.2 Å². The maximum atomic E-state index is 5.77. The predicted octanol–water partition coefficient (Wildman–Crippen LogP) is 3.31. The first-order valence-corrected chi connectivity index (χ1v) is 7.96. The van der Waals surface area contributed by atoms with Crippen molar-refractivity contribution in [3.05, 3.63) is 66.1 Å². The third kappa shape index (κ3) is 3.03. The van der Waals surface area contributed by atoms with E-state index in [0.717, 1.165) is 11.1 Å². The van der Waals surface area contributed by atoms with Gasteiger partial charge < -0.3 is 4.42 Å². The fraction of sp³-hybridized carbons (Fsp3) is 0.167. The van der Waals surface area contributed by atoms with Crippen LogP contribution in [0.4, 0.5) is 0 Å². The molecule has 0 bridgehead atoms. The summed E-state index contributed by atoms with van der Waals surface area (Å²) in [5.41, 5.74) is 2.98. The highest BCUT2D eigenvalue weighted by Gasteiger charge is 2.19. The molecule has 0 saturated carbocycles. The number of rotatable bonds is 4. The molecule has 2 heterocycles. The first kappa shape index (κ1) is 15.2. The van der Waals surface area contributed by atoms with Gasteiger partial charge in [0.25, 0.3) is 0 Å². The monoisotopic (exact) mass is 332 g/mol. The SMILES string of the molecule is Cc1ccc(-c2nnn(C(C)c3nnc(-c4ccccc4)o3)n2)cc1. The third-order valence-corrected chi connectivity index (χ3v) is 3.90. The van der Waals surface area contributed by atoms with E-state index in [1.807, 2.05) is 68.4 Å². The minimum Gasteiger partial charge on any atom is -0.418 e. The van der Waals surface area contributed by atoms with E-state index >= 15 is 0 Å². The highest BCUT2D eigenvalue weighted by atomic mass is 16.4. The van der Waals surface area contributed by atoms with E-state index < -0.39 is 0 Å². The van der Waals surface area contributed by atoms with Gasteiger partial charge in [0, 0.05) is 11.1 Å². The maximum Gasteiger partial charge on any atom is 0.247 e. The molecule has 0 aliphatic heterocycles. The van der Waals surface area contributed by atoms with Crippen LogP contribution in [0, 0.1) is 6.92 Å². The summed E-state index contributed by atoms with van der Waals surface area (Å²) >= 11 is 0. The summed E-state index contributed by atoms with van der Waals surface area (Å²) in [7, 11) is 0. The molecule has 2 aromatic heterocycles. The van der Waals surface area contributed by atoms with Gasteiger partial charge in [-0.2, -0.15) is 4.80 Å². The zero-order chi connectivity index (χ0) is 17.2. The third-order valence-electron chi connectivity index (χ3n) is 3.90. The summed E-state index contributed by atoms with van der Waals surface area (Å²) in [4.78, 5) is 1.48. The van der Waals surface area contributed by atoms with Crippen LogP contribution in [0.15, 0.2) is 59.0 Å². The van der Waals surface area contributed by atoms with Crippen LogP contribution in [0.25, 0.3) is 22.8 Å². The molecule has 0 spiro atoms. The van der Waals surface area contributed by atoms with Gasteiger partial charge in [-0.3, -0.25) is 0 Å². The number of hydrogen-bond donors (Lipinski definition) is 0. The molecule has 0 aliphatic rings. The molecule has 2 aromatic carbocycles. The van der Waals surface area contributed by atoms with Crippen molar-refractivity contribution in [1.29, 1.82) is 0 Å². The Kier molecular flexibility index (Phi) is 3.81. The Morgan fingerprint density at radius 2 is 1.64 bits per heavy atom. The fourth-order valence-electron chi connectivity index (χ4n) is 2.41. The fourth-order valence-corrected chi connectivity index (χ4v) is 2.41. The Hall–Kier alpha value is -3.35. The van der Waals surface area contributed by atoms with Crippen LogP contribution in [-0.4, -0.2) is 30.4 Å². The highest BCUT2D eigenvalue weighted by molar-refractivity contribution is 5.54. The molecule has 0 N–H and O–H groups in total. The van der Waals surface area contributed by atoms with Crippen LogP contribution < -0.4 is 0 Å². The van der Waals surface area contributed by atoms with E-state index in [4.69, 9.17) is 4.42 Å². The Morgan fingerprint density at radius 1 is 0.880 bits per heavy atom. The van der Waals surface area contributed by atoms with Crippen LogP contribution >= 0.6 is 0 Å². The lowest BCUT2D eigenvalue weighted by Crippen LogP contribution is -2.11. The number of aryl methyl sites for hydroxylation is 1. The summed E-state index contributed by atoms with van der Waals surface area (Å²) in [6, 6.07) is 17.3. The topological polar surface area (TPSA) is 82.5 Å². The van der Waals surface area contributed by atoms with Gasteiger partial charge in [-0.15, -0.1) is 20.4 Å². The molecule has 4 aromatic rings. The molecular weight excluding hydrogens is 316 g/mol. The average Bonchev–Trinajstić information content (AvgIpc) is 3.33. The van der Waals surface area contributed by atoms with Crippen molar-refractivity contribution in [1.82, 2.24) is 30.4 Å². The van der Waals surface area contributed by atoms with Gasteiger partial charge in [0.05, 0.1) is 0 Å². The molecule has 0 fully saturated rings. The Balaban J connectivity index is 1.58. The molecule has 7 nitrogen and oxygen atoms in total. The van der Waals surface area contributed by atoms with E-state index in [9.17, 15) is 0 Å². The van der Waals surface area contributed by atoms with Gasteiger partial charge in [-0.1, -0.05) is 48.0 Å². The summed E-state index contributed by atoms with van der Waals surface area (Å²) in [5.74, 6) is 1.47. The summed E-state index contributed by atoms with van der Waals surface area (Å²) in [5, 5.41) is 20.9. The molecule has 7 heteroatoms. The first-order chi connectivity index (χ1) is 12.2. The maximum absolute atomic E-state index is 5.77. The molecule has 0 aliphatic carbocycles. The van der Waals surface area contributed by atoms with Gasteiger partial charge in [0.2, 0.25) is 17.6 Å². The van der Waals surface area contributed by atoms with E-state index in [0.29, 0.717) is 17.6 Å². The second kappa shape index (κ2) is 6.27. The molecule has 124 valence electrons. The van der Waals surface area contributed by atoms with E-state index in [-0.39, 0.29) is 6.04 Å². The number of benzene rings is 2. The Labute approximate surface area is 144 Å². The van der Waals surface area contributed by atoms with Gasteiger partial charge in [-0.25, -0.2) is 0 Å². The molecule has 0 amide bonds. The lowest BCUT2D eigenvalue weighted by molar-refractivity contribution is 0.382. The largest absolute Gasteiger partial charge is 0.418 e. The van der Waals surface area contributed by atoms with Crippen LogP contribution in [0.2, 0.25) is 0 Å². The first-order valence-electron chi connectivity index (χ1n) is 7.96. The van der Waals surface area contributed by atoms with Gasteiger partial charge in [0.1, 0.15) is 6.04 Å². The Morgan fingerprint density at radius 3 is 2.40 bits per heavy atom. The molecule has 0 saturated heterocycles. The predicted molar refractivity (Wildman–Crippen MR) is 91.5 cm³/mol. The van der Waals surface area contributed by atoms with Crippen molar-refractivity contribution >= 4 is 0 Å². The zero-order valence-electron chi connectivity index (χ0n) is 13.9. The van der Waals surface area contributed by atoms with Crippen molar-refractivity contribution in [2.24, 2.45) is 0 Å². The number of nitrogens with zero attached hydrogens (tertiary/aromatic N) is 6. The standard InChI is InChI=1S/C18H16N6O/c1-12-8-10-14(11-9-12)16-19-23-24(22-16)13(2)17-20-21-18(25-17)15-6-4-3-5-7-15/h3-11,13H,1-2H3. The molecular formula is C18H16N6O. The normalized spacial score (nSPS) is 12.2. The van der Waals surface area contributed by atoms with E-state index in [1.165, 1.54) is 10.4 Å². The van der Waals surface area contributed by atoms with Crippen LogP contribution in [0.3, 0.4) is 0 Å². The van der Waals surface area contributed by atoms with E-state index in [2.05, 4.69) is 25.6 Å².